The van der Waals surface area contributed by atoms with Crippen LogP contribution in [0.3, 0.4) is 0 Å². The third kappa shape index (κ3) is 3.04. The van der Waals surface area contributed by atoms with Gasteiger partial charge in [0, 0.05) is 32.2 Å². The van der Waals surface area contributed by atoms with Gasteiger partial charge in [0.2, 0.25) is 0 Å². The topological polar surface area (TPSA) is 42.3 Å². The Bertz CT molecular complexity index is 534. The summed E-state index contributed by atoms with van der Waals surface area (Å²) >= 11 is 0. The van der Waals surface area contributed by atoms with Gasteiger partial charge in [0.25, 0.3) is 0 Å². The molecule has 1 N–H and O–H groups in total. The number of rotatable bonds is 3. The molecule has 3 rings (SSSR count). The summed E-state index contributed by atoms with van der Waals surface area (Å²) in [5.74, 6) is 0. The second-order valence-electron chi connectivity index (χ2n) is 6.13. The SMILES string of the molecule is CNCc1ccc(N2CCCN3CCCC3C2)c(C#N)c1. The summed E-state index contributed by atoms with van der Waals surface area (Å²) in [7, 11) is 1.93. The van der Waals surface area contributed by atoms with Gasteiger partial charge >= 0.3 is 0 Å². The molecule has 4 heteroatoms. The smallest absolute Gasteiger partial charge is 0.101 e. The first-order valence-electron chi connectivity index (χ1n) is 7.98. The zero-order valence-corrected chi connectivity index (χ0v) is 12.8. The number of nitrogens with one attached hydrogen (secondary N) is 1. The Balaban J connectivity index is 1.83. The number of nitrogens with zero attached hydrogens (tertiary/aromatic N) is 3. The Hall–Kier alpha value is -1.57. The predicted molar refractivity (Wildman–Crippen MR) is 85.3 cm³/mol. The molecule has 0 aromatic heterocycles. The lowest BCUT2D eigenvalue weighted by Gasteiger charge is -2.28. The van der Waals surface area contributed by atoms with E-state index in [0.29, 0.717) is 6.04 Å². The Labute approximate surface area is 127 Å². The number of hydrogen-bond donors (Lipinski definition) is 1. The van der Waals surface area contributed by atoms with Gasteiger partial charge in [0.1, 0.15) is 6.07 Å². The average molecular weight is 284 g/mol. The summed E-state index contributed by atoms with van der Waals surface area (Å²) in [4.78, 5) is 5.05. The Morgan fingerprint density at radius 3 is 2.95 bits per heavy atom. The predicted octanol–water partition coefficient (Wildman–Crippen LogP) is 1.95. The second kappa shape index (κ2) is 6.46. The van der Waals surface area contributed by atoms with Gasteiger partial charge in [-0.2, -0.15) is 5.26 Å². The molecule has 2 heterocycles. The van der Waals surface area contributed by atoms with Crippen molar-refractivity contribution < 1.29 is 0 Å². The summed E-state index contributed by atoms with van der Waals surface area (Å²) in [5, 5.41) is 12.6. The monoisotopic (exact) mass is 284 g/mol. The normalized spacial score (nSPS) is 22.7. The zero-order chi connectivity index (χ0) is 14.7. The molecule has 0 radical (unpaired) electrons. The summed E-state index contributed by atoms with van der Waals surface area (Å²) in [6, 6.07) is 9.37. The molecule has 0 bridgehead atoms. The molecule has 4 nitrogen and oxygen atoms in total. The van der Waals surface area contributed by atoms with Crippen LogP contribution in [0.4, 0.5) is 5.69 Å². The van der Waals surface area contributed by atoms with Crippen LogP contribution in [-0.2, 0) is 6.54 Å². The fourth-order valence-electron chi connectivity index (χ4n) is 3.69. The standard InChI is InChI=1S/C17H24N4/c1-19-12-14-5-6-17(15(10-14)11-18)21-9-3-8-20-7-2-4-16(20)13-21/h5-6,10,16,19H,2-4,7-9,12-13H2,1H3. The lowest BCUT2D eigenvalue weighted by molar-refractivity contribution is 0.273. The van der Waals surface area contributed by atoms with E-state index >= 15 is 0 Å². The highest BCUT2D eigenvalue weighted by atomic mass is 15.3. The molecule has 1 unspecified atom stereocenters. The highest BCUT2D eigenvalue weighted by Crippen LogP contribution is 2.27. The van der Waals surface area contributed by atoms with Crippen molar-refractivity contribution >= 4 is 5.69 Å². The van der Waals surface area contributed by atoms with E-state index in [1.165, 1.54) is 37.9 Å². The maximum Gasteiger partial charge on any atom is 0.101 e. The van der Waals surface area contributed by atoms with Gasteiger partial charge in [0.15, 0.2) is 0 Å². The molecule has 0 amide bonds. The fourth-order valence-corrected chi connectivity index (χ4v) is 3.69. The van der Waals surface area contributed by atoms with E-state index in [1.807, 2.05) is 13.1 Å². The molecule has 2 aliphatic rings. The van der Waals surface area contributed by atoms with Gasteiger partial charge in [-0.05, 0) is 50.6 Å². The van der Waals surface area contributed by atoms with Crippen LogP contribution in [-0.4, -0.2) is 44.2 Å². The van der Waals surface area contributed by atoms with E-state index in [4.69, 9.17) is 0 Å². The van der Waals surface area contributed by atoms with Crippen LogP contribution in [0.15, 0.2) is 18.2 Å². The Kier molecular flexibility index (Phi) is 4.42. The molecular weight excluding hydrogens is 260 g/mol. The molecule has 2 fully saturated rings. The van der Waals surface area contributed by atoms with Crippen LogP contribution in [0.1, 0.15) is 30.4 Å². The first-order valence-corrected chi connectivity index (χ1v) is 7.98. The minimum absolute atomic E-state index is 0.677. The van der Waals surface area contributed by atoms with Crippen molar-refractivity contribution in [1.29, 1.82) is 5.26 Å². The molecule has 0 spiro atoms. The highest BCUT2D eigenvalue weighted by molar-refractivity contribution is 5.60. The molecule has 112 valence electrons. The number of anilines is 1. The minimum atomic E-state index is 0.677. The van der Waals surface area contributed by atoms with E-state index in [1.54, 1.807) is 0 Å². The molecule has 2 aliphatic heterocycles. The van der Waals surface area contributed by atoms with Crippen molar-refractivity contribution in [2.45, 2.75) is 31.8 Å². The van der Waals surface area contributed by atoms with E-state index in [2.05, 4.69) is 33.3 Å². The number of benzene rings is 1. The molecule has 0 aliphatic carbocycles. The number of fused-ring (bicyclic) bond motifs is 1. The molecule has 0 saturated carbocycles. The van der Waals surface area contributed by atoms with Crippen LogP contribution in [0.2, 0.25) is 0 Å². The van der Waals surface area contributed by atoms with Crippen molar-refractivity contribution in [3.8, 4) is 6.07 Å². The maximum atomic E-state index is 9.49. The summed E-state index contributed by atoms with van der Waals surface area (Å²) in [6.07, 6.45) is 3.82. The first kappa shape index (κ1) is 14.4. The third-order valence-electron chi connectivity index (χ3n) is 4.71. The van der Waals surface area contributed by atoms with Crippen LogP contribution in [0.25, 0.3) is 0 Å². The van der Waals surface area contributed by atoms with E-state index in [0.717, 1.165) is 30.9 Å². The van der Waals surface area contributed by atoms with Crippen molar-refractivity contribution in [2.24, 2.45) is 0 Å². The molecule has 1 aromatic rings. The molecular formula is C17H24N4. The highest BCUT2D eigenvalue weighted by Gasteiger charge is 2.29. The Morgan fingerprint density at radius 2 is 2.14 bits per heavy atom. The van der Waals surface area contributed by atoms with E-state index < -0.39 is 0 Å². The van der Waals surface area contributed by atoms with Gasteiger partial charge < -0.3 is 10.2 Å². The van der Waals surface area contributed by atoms with Gasteiger partial charge in [-0.1, -0.05) is 6.07 Å². The fraction of sp³-hybridized carbons (Fsp3) is 0.588. The van der Waals surface area contributed by atoms with Gasteiger partial charge in [0.05, 0.1) is 11.3 Å². The van der Waals surface area contributed by atoms with Gasteiger partial charge in [-0.15, -0.1) is 0 Å². The van der Waals surface area contributed by atoms with Gasteiger partial charge in [-0.25, -0.2) is 0 Å². The Morgan fingerprint density at radius 1 is 1.29 bits per heavy atom. The van der Waals surface area contributed by atoms with Crippen LogP contribution < -0.4 is 10.2 Å². The van der Waals surface area contributed by atoms with E-state index in [9.17, 15) is 5.26 Å². The lowest BCUT2D eigenvalue weighted by atomic mass is 10.1. The first-order chi connectivity index (χ1) is 10.3. The minimum Gasteiger partial charge on any atom is -0.369 e. The van der Waals surface area contributed by atoms with Crippen molar-refractivity contribution in [3.05, 3.63) is 29.3 Å². The average Bonchev–Trinajstić information content (AvgIpc) is 2.85. The lowest BCUT2D eigenvalue weighted by Crippen LogP contribution is -2.36. The zero-order valence-electron chi connectivity index (χ0n) is 12.8. The van der Waals surface area contributed by atoms with Crippen LogP contribution >= 0.6 is 0 Å². The van der Waals surface area contributed by atoms with Crippen LogP contribution in [0, 0.1) is 11.3 Å². The second-order valence-corrected chi connectivity index (χ2v) is 6.13. The number of nitriles is 1. The quantitative estimate of drug-likeness (QED) is 0.921. The van der Waals surface area contributed by atoms with Crippen molar-refractivity contribution in [3.63, 3.8) is 0 Å². The largest absolute Gasteiger partial charge is 0.369 e. The van der Waals surface area contributed by atoms with E-state index in [-0.39, 0.29) is 0 Å². The third-order valence-corrected chi connectivity index (χ3v) is 4.71. The van der Waals surface area contributed by atoms with Crippen molar-refractivity contribution in [2.75, 3.05) is 38.1 Å². The maximum absolute atomic E-state index is 9.49. The summed E-state index contributed by atoms with van der Waals surface area (Å²) < 4.78 is 0. The summed E-state index contributed by atoms with van der Waals surface area (Å²) in [6.45, 7) is 5.41. The molecule has 1 aromatic carbocycles. The molecule has 21 heavy (non-hydrogen) atoms. The summed E-state index contributed by atoms with van der Waals surface area (Å²) in [5.41, 5.74) is 3.11. The van der Waals surface area contributed by atoms with Gasteiger partial charge in [-0.3, -0.25) is 4.90 Å². The van der Waals surface area contributed by atoms with Crippen LogP contribution in [0.5, 0.6) is 0 Å². The number of hydrogen-bond acceptors (Lipinski definition) is 4. The molecule has 1 atom stereocenters. The molecule has 2 saturated heterocycles. The van der Waals surface area contributed by atoms with Crippen molar-refractivity contribution in [1.82, 2.24) is 10.2 Å².